The summed E-state index contributed by atoms with van der Waals surface area (Å²) in [7, 11) is 0. The second-order valence-corrected chi connectivity index (χ2v) is 6.92. The number of halogens is 7. The van der Waals surface area contributed by atoms with Crippen molar-refractivity contribution in [2.24, 2.45) is 0 Å². The third-order valence-electron chi connectivity index (χ3n) is 4.35. The molecule has 0 spiro atoms. The van der Waals surface area contributed by atoms with Gasteiger partial charge in [0.1, 0.15) is 5.82 Å². The molecule has 31 heavy (non-hydrogen) atoms. The summed E-state index contributed by atoms with van der Waals surface area (Å²) in [6.07, 6.45) is -2.51. The van der Waals surface area contributed by atoms with Crippen LogP contribution in [0.25, 0.3) is 11.1 Å². The van der Waals surface area contributed by atoms with Gasteiger partial charge in [0.25, 0.3) is 11.8 Å². The fourth-order valence-corrected chi connectivity index (χ4v) is 3.19. The molecule has 0 radical (unpaired) electrons. The monoisotopic (exact) mass is 458 g/mol. The van der Waals surface area contributed by atoms with Crippen molar-refractivity contribution in [3.05, 3.63) is 88.5 Å². The fraction of sp³-hybridized carbons (Fsp3) is 0.143. The topological polar surface area (TPSA) is 42.0 Å². The minimum atomic E-state index is -4.82. The molecular formula is C21H13ClF6N2O. The van der Waals surface area contributed by atoms with E-state index in [1.165, 1.54) is 24.4 Å². The highest BCUT2D eigenvalue weighted by Gasteiger charge is 2.37. The molecule has 1 amide bonds. The van der Waals surface area contributed by atoms with Crippen LogP contribution in [0.5, 0.6) is 0 Å². The zero-order chi connectivity index (χ0) is 22.8. The van der Waals surface area contributed by atoms with E-state index in [0.29, 0.717) is 17.2 Å². The van der Waals surface area contributed by atoms with Crippen LogP contribution >= 0.6 is 11.6 Å². The fourth-order valence-electron chi connectivity index (χ4n) is 2.87. The number of carbonyl (C=O) groups excluding carboxylic acids is 1. The van der Waals surface area contributed by atoms with Gasteiger partial charge in [-0.15, -0.1) is 0 Å². The van der Waals surface area contributed by atoms with Crippen molar-refractivity contribution in [3.8, 4) is 11.1 Å². The first-order valence-electron chi connectivity index (χ1n) is 8.72. The van der Waals surface area contributed by atoms with Gasteiger partial charge in [0, 0.05) is 17.3 Å². The summed E-state index contributed by atoms with van der Waals surface area (Å²) in [6.45, 7) is -1.28. The van der Waals surface area contributed by atoms with E-state index < -0.39 is 47.1 Å². The van der Waals surface area contributed by atoms with E-state index in [2.05, 4.69) is 4.98 Å². The van der Waals surface area contributed by atoms with Gasteiger partial charge in [-0.1, -0.05) is 35.9 Å². The molecule has 0 saturated heterocycles. The quantitative estimate of drug-likeness (QED) is 0.471. The van der Waals surface area contributed by atoms with Gasteiger partial charge >= 0.3 is 6.18 Å². The zero-order valence-corrected chi connectivity index (χ0v) is 16.2. The first-order chi connectivity index (χ1) is 14.5. The third-order valence-corrected chi connectivity index (χ3v) is 4.66. The number of aromatic nitrogens is 1. The van der Waals surface area contributed by atoms with E-state index in [9.17, 15) is 31.1 Å². The van der Waals surface area contributed by atoms with E-state index in [4.69, 9.17) is 11.6 Å². The predicted molar refractivity (Wildman–Crippen MR) is 102 cm³/mol. The predicted octanol–water partition coefficient (Wildman–Crippen LogP) is 6.08. The molecule has 162 valence electrons. The van der Waals surface area contributed by atoms with Crippen molar-refractivity contribution in [1.29, 1.82) is 0 Å². The lowest BCUT2D eigenvalue weighted by molar-refractivity contribution is -0.137. The van der Waals surface area contributed by atoms with Crippen LogP contribution in [0.4, 0.5) is 26.3 Å². The molecule has 0 aliphatic rings. The van der Waals surface area contributed by atoms with Crippen molar-refractivity contribution in [1.82, 2.24) is 10.3 Å². The Morgan fingerprint density at radius 1 is 0.935 bits per heavy atom. The number of hydrogen-bond acceptors (Lipinski definition) is 2. The van der Waals surface area contributed by atoms with Gasteiger partial charge in [-0.3, -0.25) is 9.78 Å². The van der Waals surface area contributed by atoms with Crippen molar-refractivity contribution >= 4 is 17.5 Å². The molecule has 0 saturated carbocycles. The standard InChI is InChI=1S/C21H13ClF6N2O/c22-18-8-12(13-7-14(23)10-29-9-13)5-6-17(18)20(24,25)11-30-19(31)15-3-1-2-4-16(15)21(26,27)28/h1-10H,11H2,(H,30,31). The van der Waals surface area contributed by atoms with E-state index in [1.807, 2.05) is 5.32 Å². The SMILES string of the molecule is O=C(NCC(F)(F)c1ccc(-c2cncc(F)c2)cc1Cl)c1ccccc1C(F)(F)F. The number of nitrogens with zero attached hydrogens (tertiary/aromatic N) is 1. The van der Waals surface area contributed by atoms with Crippen LogP contribution < -0.4 is 5.32 Å². The number of hydrogen-bond donors (Lipinski definition) is 1. The molecule has 0 fully saturated rings. The van der Waals surface area contributed by atoms with Crippen LogP contribution in [0, 0.1) is 5.82 Å². The number of alkyl halides is 5. The number of pyridine rings is 1. The zero-order valence-electron chi connectivity index (χ0n) is 15.5. The minimum Gasteiger partial charge on any atom is -0.346 e. The molecule has 0 atom stereocenters. The summed E-state index contributed by atoms with van der Waals surface area (Å²) >= 11 is 5.97. The Morgan fingerprint density at radius 2 is 1.65 bits per heavy atom. The maximum Gasteiger partial charge on any atom is 0.417 e. The Balaban J connectivity index is 1.79. The van der Waals surface area contributed by atoms with Gasteiger partial charge in [-0.05, 0) is 29.8 Å². The first kappa shape index (κ1) is 22.6. The molecule has 1 aromatic heterocycles. The highest BCUT2D eigenvalue weighted by Crippen LogP contribution is 2.36. The van der Waals surface area contributed by atoms with Gasteiger partial charge in [-0.25, -0.2) is 4.39 Å². The summed E-state index contributed by atoms with van der Waals surface area (Å²) in [5, 5.41) is 1.46. The molecule has 1 N–H and O–H groups in total. The van der Waals surface area contributed by atoms with Gasteiger partial charge in [0.05, 0.1) is 28.9 Å². The highest BCUT2D eigenvalue weighted by atomic mass is 35.5. The highest BCUT2D eigenvalue weighted by molar-refractivity contribution is 6.31. The summed E-state index contributed by atoms with van der Waals surface area (Å²) in [5.74, 6) is -5.60. The van der Waals surface area contributed by atoms with E-state index in [1.54, 1.807) is 0 Å². The molecule has 0 bridgehead atoms. The van der Waals surface area contributed by atoms with Gasteiger partial charge in [-0.2, -0.15) is 22.0 Å². The Labute approximate surface area is 177 Å². The molecule has 1 heterocycles. The average molecular weight is 459 g/mol. The van der Waals surface area contributed by atoms with Crippen LogP contribution in [0.3, 0.4) is 0 Å². The number of carbonyl (C=O) groups is 1. The van der Waals surface area contributed by atoms with Crippen LogP contribution in [0.1, 0.15) is 21.5 Å². The molecule has 0 aliphatic carbocycles. The first-order valence-corrected chi connectivity index (χ1v) is 9.10. The van der Waals surface area contributed by atoms with Crippen LogP contribution in [-0.4, -0.2) is 17.4 Å². The lowest BCUT2D eigenvalue weighted by Crippen LogP contribution is -2.36. The largest absolute Gasteiger partial charge is 0.417 e. The maximum atomic E-state index is 14.6. The molecule has 3 rings (SSSR count). The van der Waals surface area contributed by atoms with Gasteiger partial charge in [0.2, 0.25) is 0 Å². The molecule has 0 unspecified atom stereocenters. The number of rotatable bonds is 5. The molecular weight excluding hydrogens is 446 g/mol. The van der Waals surface area contributed by atoms with E-state index >= 15 is 0 Å². The van der Waals surface area contributed by atoms with Crippen molar-refractivity contribution in [2.45, 2.75) is 12.1 Å². The average Bonchev–Trinajstić information content (AvgIpc) is 2.71. The lowest BCUT2D eigenvalue weighted by Gasteiger charge is -2.20. The number of nitrogens with one attached hydrogen (secondary N) is 1. The Hall–Kier alpha value is -3.07. The summed E-state index contributed by atoms with van der Waals surface area (Å²) in [6, 6.07) is 8.46. The van der Waals surface area contributed by atoms with Gasteiger partial charge < -0.3 is 5.32 Å². The van der Waals surface area contributed by atoms with Gasteiger partial charge in [0.15, 0.2) is 0 Å². The van der Waals surface area contributed by atoms with Crippen molar-refractivity contribution in [3.63, 3.8) is 0 Å². The second kappa shape index (κ2) is 8.58. The van der Waals surface area contributed by atoms with Crippen LogP contribution in [-0.2, 0) is 12.1 Å². The van der Waals surface area contributed by atoms with E-state index in [-0.39, 0.29) is 5.02 Å². The van der Waals surface area contributed by atoms with E-state index in [0.717, 1.165) is 30.5 Å². The molecule has 2 aromatic carbocycles. The normalized spacial score (nSPS) is 12.0. The molecule has 3 nitrogen and oxygen atoms in total. The molecule has 0 aliphatic heterocycles. The summed E-state index contributed by atoms with van der Waals surface area (Å²) in [4.78, 5) is 15.8. The number of benzene rings is 2. The smallest absolute Gasteiger partial charge is 0.346 e. The summed E-state index contributed by atoms with van der Waals surface area (Å²) < 4.78 is 81.7. The second-order valence-electron chi connectivity index (χ2n) is 6.52. The van der Waals surface area contributed by atoms with Crippen molar-refractivity contribution < 1.29 is 31.1 Å². The Morgan fingerprint density at radius 3 is 2.29 bits per heavy atom. The Kier molecular flexibility index (Phi) is 6.26. The van der Waals surface area contributed by atoms with Crippen LogP contribution in [0.15, 0.2) is 60.9 Å². The minimum absolute atomic E-state index is 0.314. The molecule has 10 heteroatoms. The van der Waals surface area contributed by atoms with Crippen molar-refractivity contribution in [2.75, 3.05) is 6.54 Å². The number of amides is 1. The Bertz CT molecular complexity index is 1120. The summed E-state index contributed by atoms with van der Waals surface area (Å²) in [5.41, 5.74) is -2.01. The van der Waals surface area contributed by atoms with Crippen LogP contribution in [0.2, 0.25) is 5.02 Å². The maximum absolute atomic E-state index is 14.6. The molecule has 3 aromatic rings. The lowest BCUT2D eigenvalue weighted by atomic mass is 10.0. The third kappa shape index (κ3) is 5.16.